The first-order chi connectivity index (χ1) is 12.7. The van der Waals surface area contributed by atoms with Gasteiger partial charge in [-0.25, -0.2) is 0 Å². The molecule has 0 aliphatic rings. The van der Waals surface area contributed by atoms with Crippen LogP contribution < -0.4 is 9.47 Å². The molecule has 136 valence electrons. The lowest BCUT2D eigenvalue weighted by Crippen LogP contribution is -1.91. The van der Waals surface area contributed by atoms with E-state index in [1.807, 2.05) is 18.2 Å². The largest absolute Gasteiger partial charge is 0.497 e. The van der Waals surface area contributed by atoms with Crippen LogP contribution in [-0.2, 0) is 11.5 Å². The molecule has 0 aliphatic carbocycles. The highest BCUT2D eigenvalue weighted by molar-refractivity contribution is 8.02. The molecule has 7 heteroatoms. The summed E-state index contributed by atoms with van der Waals surface area (Å²) in [5, 5.41) is 8.59. The van der Waals surface area contributed by atoms with Crippen LogP contribution in [0.4, 0.5) is 0 Å². The normalized spacial score (nSPS) is 10.7. The first kappa shape index (κ1) is 19.1. The van der Waals surface area contributed by atoms with Crippen molar-refractivity contribution in [3.8, 4) is 11.5 Å². The smallest absolute Gasteiger partial charge is 0.175 e. The number of thioether (sulfide) groups is 2. The van der Waals surface area contributed by atoms with Crippen LogP contribution in [0.15, 0.2) is 51.1 Å². The Kier molecular flexibility index (Phi) is 6.82. The Morgan fingerprint density at radius 3 is 2.23 bits per heavy atom. The molecular weight excluding hydrogens is 384 g/mol. The van der Waals surface area contributed by atoms with Gasteiger partial charge in [0.05, 0.1) is 14.2 Å². The second-order valence-corrected chi connectivity index (χ2v) is 9.00. The molecule has 26 heavy (non-hydrogen) atoms. The number of aryl methyl sites for hydroxylation is 1. The van der Waals surface area contributed by atoms with E-state index in [-0.39, 0.29) is 0 Å². The van der Waals surface area contributed by atoms with Crippen molar-refractivity contribution < 1.29 is 9.47 Å². The number of hydrogen-bond acceptors (Lipinski definition) is 7. The quantitative estimate of drug-likeness (QED) is 0.465. The molecule has 0 radical (unpaired) electrons. The monoisotopic (exact) mass is 404 g/mol. The minimum atomic E-state index is 0.822. The number of hydrogen-bond donors (Lipinski definition) is 0. The molecule has 1 aromatic heterocycles. The van der Waals surface area contributed by atoms with E-state index in [0.717, 1.165) is 31.7 Å². The summed E-state index contributed by atoms with van der Waals surface area (Å²) in [4.78, 5) is 0. The molecule has 0 bridgehead atoms. The minimum Gasteiger partial charge on any atom is -0.497 e. The summed E-state index contributed by atoms with van der Waals surface area (Å²) >= 11 is 5.03. The fourth-order valence-corrected chi connectivity index (χ4v) is 5.29. The summed E-state index contributed by atoms with van der Waals surface area (Å²) in [7, 11) is 3.38. The summed E-state index contributed by atoms with van der Waals surface area (Å²) in [6.45, 7) is 2.09. The molecular formula is C19H20N2O2S3. The standard InChI is InChI=1S/C19H20N2O2S3/c1-13-4-9-17(23-3)15(10-13)12-25-19-21-20-18(26-19)24-11-14-5-7-16(22-2)8-6-14/h4-10H,11-12H2,1-3H3. The van der Waals surface area contributed by atoms with Crippen molar-refractivity contribution in [2.75, 3.05) is 14.2 Å². The Hall–Kier alpha value is -1.70. The van der Waals surface area contributed by atoms with E-state index in [0.29, 0.717) is 0 Å². The van der Waals surface area contributed by atoms with Crippen LogP contribution >= 0.6 is 34.9 Å². The van der Waals surface area contributed by atoms with E-state index in [9.17, 15) is 0 Å². The van der Waals surface area contributed by atoms with Gasteiger partial charge in [-0.05, 0) is 30.7 Å². The molecule has 0 atom stereocenters. The predicted octanol–water partition coefficient (Wildman–Crippen LogP) is 5.45. The number of ether oxygens (including phenoxy) is 2. The van der Waals surface area contributed by atoms with Crippen molar-refractivity contribution in [3.63, 3.8) is 0 Å². The first-order valence-electron chi connectivity index (χ1n) is 8.03. The van der Waals surface area contributed by atoms with E-state index in [1.54, 1.807) is 49.1 Å². The zero-order chi connectivity index (χ0) is 18.4. The SMILES string of the molecule is COc1ccc(CSc2nnc(SCc3cc(C)ccc3OC)s2)cc1. The molecule has 0 unspecified atom stereocenters. The van der Waals surface area contributed by atoms with E-state index < -0.39 is 0 Å². The maximum atomic E-state index is 5.44. The first-order valence-corrected chi connectivity index (χ1v) is 10.8. The van der Waals surface area contributed by atoms with E-state index in [2.05, 4.69) is 41.4 Å². The van der Waals surface area contributed by atoms with E-state index in [4.69, 9.17) is 9.47 Å². The number of methoxy groups -OCH3 is 2. The van der Waals surface area contributed by atoms with Gasteiger partial charge in [-0.3, -0.25) is 0 Å². The number of nitrogens with zero attached hydrogens (tertiary/aromatic N) is 2. The molecule has 2 aromatic carbocycles. The fourth-order valence-electron chi connectivity index (χ4n) is 2.34. The summed E-state index contributed by atoms with van der Waals surface area (Å²) < 4.78 is 12.6. The van der Waals surface area contributed by atoms with Crippen LogP contribution in [0.1, 0.15) is 16.7 Å². The van der Waals surface area contributed by atoms with Gasteiger partial charge in [0.15, 0.2) is 8.68 Å². The van der Waals surface area contributed by atoms with Gasteiger partial charge in [0.1, 0.15) is 11.5 Å². The fraction of sp³-hybridized carbons (Fsp3) is 0.263. The summed E-state index contributed by atoms with van der Waals surface area (Å²) in [6.07, 6.45) is 0. The highest BCUT2D eigenvalue weighted by Gasteiger charge is 2.09. The van der Waals surface area contributed by atoms with Gasteiger partial charge in [-0.15, -0.1) is 10.2 Å². The van der Waals surface area contributed by atoms with Gasteiger partial charge in [0.25, 0.3) is 0 Å². The summed E-state index contributed by atoms with van der Waals surface area (Å²) in [6, 6.07) is 14.3. The van der Waals surface area contributed by atoms with Crippen molar-refractivity contribution in [1.82, 2.24) is 10.2 Å². The van der Waals surface area contributed by atoms with Gasteiger partial charge in [0.2, 0.25) is 0 Å². The summed E-state index contributed by atoms with van der Waals surface area (Å²) in [5.41, 5.74) is 3.65. The number of aromatic nitrogens is 2. The van der Waals surface area contributed by atoms with Gasteiger partial charge in [-0.2, -0.15) is 0 Å². The molecule has 3 aromatic rings. The van der Waals surface area contributed by atoms with Gasteiger partial charge in [-0.1, -0.05) is 64.7 Å². The summed E-state index contributed by atoms with van der Waals surface area (Å²) in [5.74, 6) is 3.49. The molecule has 3 rings (SSSR count). The van der Waals surface area contributed by atoms with Crippen LogP contribution in [0.5, 0.6) is 11.5 Å². The second kappa shape index (κ2) is 9.30. The molecule has 0 aliphatic heterocycles. The molecule has 4 nitrogen and oxygen atoms in total. The van der Waals surface area contributed by atoms with Crippen LogP contribution in [0.25, 0.3) is 0 Å². The third-order valence-electron chi connectivity index (χ3n) is 3.70. The molecule has 0 amide bonds. The Balaban J connectivity index is 1.55. The van der Waals surface area contributed by atoms with Gasteiger partial charge < -0.3 is 9.47 Å². The van der Waals surface area contributed by atoms with E-state index in [1.165, 1.54) is 16.7 Å². The topological polar surface area (TPSA) is 44.2 Å². The molecule has 0 N–H and O–H groups in total. The lowest BCUT2D eigenvalue weighted by atomic mass is 10.1. The average Bonchev–Trinajstić information content (AvgIpc) is 3.13. The zero-order valence-electron chi connectivity index (χ0n) is 14.9. The third-order valence-corrected chi connectivity index (χ3v) is 7.01. The lowest BCUT2D eigenvalue weighted by Gasteiger charge is -2.08. The minimum absolute atomic E-state index is 0.822. The van der Waals surface area contributed by atoms with Crippen LogP contribution in [0, 0.1) is 6.92 Å². The van der Waals surface area contributed by atoms with Crippen molar-refractivity contribution in [2.24, 2.45) is 0 Å². The molecule has 1 heterocycles. The number of benzene rings is 2. The average molecular weight is 405 g/mol. The predicted molar refractivity (Wildman–Crippen MR) is 110 cm³/mol. The van der Waals surface area contributed by atoms with Crippen LogP contribution in [0.3, 0.4) is 0 Å². The Morgan fingerprint density at radius 2 is 1.58 bits per heavy atom. The van der Waals surface area contributed by atoms with Crippen LogP contribution in [-0.4, -0.2) is 24.4 Å². The third kappa shape index (κ3) is 5.16. The Morgan fingerprint density at radius 1 is 0.885 bits per heavy atom. The highest BCUT2D eigenvalue weighted by atomic mass is 32.2. The van der Waals surface area contributed by atoms with Crippen molar-refractivity contribution in [1.29, 1.82) is 0 Å². The maximum Gasteiger partial charge on any atom is 0.175 e. The number of rotatable bonds is 8. The highest BCUT2D eigenvalue weighted by Crippen LogP contribution is 2.34. The maximum absolute atomic E-state index is 5.44. The van der Waals surface area contributed by atoms with Crippen LogP contribution in [0.2, 0.25) is 0 Å². The zero-order valence-corrected chi connectivity index (χ0v) is 17.3. The van der Waals surface area contributed by atoms with Crippen molar-refractivity contribution in [2.45, 2.75) is 27.1 Å². The molecule has 0 fully saturated rings. The molecule has 0 saturated carbocycles. The van der Waals surface area contributed by atoms with E-state index >= 15 is 0 Å². The lowest BCUT2D eigenvalue weighted by molar-refractivity contribution is 0.411. The molecule has 0 spiro atoms. The van der Waals surface area contributed by atoms with Gasteiger partial charge >= 0.3 is 0 Å². The van der Waals surface area contributed by atoms with Crippen molar-refractivity contribution >= 4 is 34.9 Å². The van der Waals surface area contributed by atoms with Crippen molar-refractivity contribution in [3.05, 3.63) is 59.2 Å². The second-order valence-electron chi connectivity index (χ2n) is 5.57. The Bertz CT molecular complexity index is 850. The van der Waals surface area contributed by atoms with Gasteiger partial charge in [0, 0.05) is 17.1 Å². The Labute approximate surface area is 166 Å². The molecule has 0 saturated heterocycles.